The fourth-order valence-electron chi connectivity index (χ4n) is 3.03. The van der Waals surface area contributed by atoms with Crippen molar-refractivity contribution in [1.29, 1.82) is 0 Å². The average molecular weight is 246 g/mol. The van der Waals surface area contributed by atoms with Crippen molar-refractivity contribution in [2.75, 3.05) is 24.5 Å². The van der Waals surface area contributed by atoms with Crippen LogP contribution < -0.4 is 10.2 Å². The molecule has 100 valence electrons. The molecule has 2 heteroatoms. The number of aryl methyl sites for hydroxylation is 2. The summed E-state index contributed by atoms with van der Waals surface area (Å²) in [6.45, 7) is 12.3. The van der Waals surface area contributed by atoms with E-state index >= 15 is 0 Å². The highest BCUT2D eigenvalue weighted by Crippen LogP contribution is 2.26. The van der Waals surface area contributed by atoms with E-state index in [1.54, 1.807) is 0 Å². The molecule has 1 aliphatic heterocycles. The SMILES string of the molecule is CCC1(CC)CN(c2cc(C)cc(C)c2)CCN1. The maximum atomic E-state index is 3.72. The Balaban J connectivity index is 2.22. The lowest BCUT2D eigenvalue weighted by molar-refractivity contribution is 0.277. The lowest BCUT2D eigenvalue weighted by Crippen LogP contribution is -2.60. The second-order valence-corrected chi connectivity index (χ2v) is 5.68. The zero-order chi connectivity index (χ0) is 13.2. The van der Waals surface area contributed by atoms with Crippen molar-refractivity contribution in [2.45, 2.75) is 46.1 Å². The van der Waals surface area contributed by atoms with Gasteiger partial charge in [-0.3, -0.25) is 0 Å². The number of hydrogen-bond acceptors (Lipinski definition) is 2. The highest BCUT2D eigenvalue weighted by atomic mass is 15.2. The van der Waals surface area contributed by atoms with E-state index in [0.717, 1.165) is 19.6 Å². The van der Waals surface area contributed by atoms with E-state index in [-0.39, 0.29) is 0 Å². The van der Waals surface area contributed by atoms with Gasteiger partial charge < -0.3 is 10.2 Å². The van der Waals surface area contributed by atoms with Gasteiger partial charge in [0, 0.05) is 30.9 Å². The number of anilines is 1. The molecule has 0 unspecified atom stereocenters. The molecular formula is C16H26N2. The largest absolute Gasteiger partial charge is 0.368 e. The van der Waals surface area contributed by atoms with E-state index in [2.05, 4.69) is 56.1 Å². The predicted molar refractivity (Wildman–Crippen MR) is 79.4 cm³/mol. The maximum absolute atomic E-state index is 3.72. The smallest absolute Gasteiger partial charge is 0.0372 e. The quantitative estimate of drug-likeness (QED) is 0.880. The Morgan fingerprint density at radius 3 is 2.28 bits per heavy atom. The summed E-state index contributed by atoms with van der Waals surface area (Å²) in [4.78, 5) is 2.55. The van der Waals surface area contributed by atoms with Crippen molar-refractivity contribution in [3.05, 3.63) is 29.3 Å². The molecule has 1 fully saturated rings. The zero-order valence-corrected chi connectivity index (χ0v) is 12.2. The van der Waals surface area contributed by atoms with Crippen LogP contribution in [0.2, 0.25) is 0 Å². The minimum atomic E-state index is 0.301. The van der Waals surface area contributed by atoms with Crippen molar-refractivity contribution >= 4 is 5.69 Å². The number of nitrogens with zero attached hydrogens (tertiary/aromatic N) is 1. The number of hydrogen-bond donors (Lipinski definition) is 1. The van der Waals surface area contributed by atoms with Gasteiger partial charge in [-0.05, 0) is 49.9 Å². The van der Waals surface area contributed by atoms with Gasteiger partial charge in [-0.1, -0.05) is 19.9 Å². The fourth-order valence-corrected chi connectivity index (χ4v) is 3.03. The van der Waals surface area contributed by atoms with Crippen LogP contribution in [0.1, 0.15) is 37.8 Å². The highest BCUT2D eigenvalue weighted by molar-refractivity contribution is 5.51. The third-order valence-electron chi connectivity index (χ3n) is 4.30. The van der Waals surface area contributed by atoms with E-state index in [4.69, 9.17) is 0 Å². The summed E-state index contributed by atoms with van der Waals surface area (Å²) in [6, 6.07) is 6.88. The molecule has 1 aromatic carbocycles. The molecule has 2 rings (SSSR count). The van der Waals surface area contributed by atoms with Crippen LogP contribution in [0, 0.1) is 13.8 Å². The molecule has 1 aromatic rings. The van der Waals surface area contributed by atoms with Crippen LogP contribution in [0.5, 0.6) is 0 Å². The van der Waals surface area contributed by atoms with E-state index in [0.29, 0.717) is 5.54 Å². The average Bonchev–Trinajstić information content (AvgIpc) is 2.37. The van der Waals surface area contributed by atoms with E-state index in [1.807, 2.05) is 0 Å². The monoisotopic (exact) mass is 246 g/mol. The van der Waals surface area contributed by atoms with E-state index in [9.17, 15) is 0 Å². The van der Waals surface area contributed by atoms with Crippen molar-refractivity contribution < 1.29 is 0 Å². The van der Waals surface area contributed by atoms with Crippen LogP contribution in [0.25, 0.3) is 0 Å². The lowest BCUT2D eigenvalue weighted by atomic mass is 9.90. The first-order valence-corrected chi connectivity index (χ1v) is 7.17. The first kappa shape index (κ1) is 13.4. The molecule has 1 aliphatic rings. The van der Waals surface area contributed by atoms with Crippen LogP contribution >= 0.6 is 0 Å². The van der Waals surface area contributed by atoms with Gasteiger partial charge in [0.1, 0.15) is 0 Å². The molecule has 1 heterocycles. The Hall–Kier alpha value is -1.02. The molecule has 0 spiro atoms. The number of piperazine rings is 1. The topological polar surface area (TPSA) is 15.3 Å². The molecule has 0 amide bonds. The summed E-state index contributed by atoms with van der Waals surface area (Å²) >= 11 is 0. The summed E-state index contributed by atoms with van der Waals surface area (Å²) < 4.78 is 0. The van der Waals surface area contributed by atoms with Crippen molar-refractivity contribution in [3.8, 4) is 0 Å². The van der Waals surface area contributed by atoms with E-state index in [1.165, 1.54) is 29.7 Å². The normalized spacial score (nSPS) is 19.0. The molecule has 1 N–H and O–H groups in total. The molecule has 18 heavy (non-hydrogen) atoms. The molecule has 0 atom stereocenters. The van der Waals surface area contributed by atoms with Crippen molar-refractivity contribution in [2.24, 2.45) is 0 Å². The Morgan fingerprint density at radius 2 is 1.72 bits per heavy atom. The highest BCUT2D eigenvalue weighted by Gasteiger charge is 2.31. The number of rotatable bonds is 3. The molecule has 0 aliphatic carbocycles. The second kappa shape index (κ2) is 5.31. The van der Waals surface area contributed by atoms with E-state index < -0.39 is 0 Å². The Labute approximate surface area is 111 Å². The van der Waals surface area contributed by atoms with Crippen LogP contribution in [-0.4, -0.2) is 25.2 Å². The molecule has 0 aromatic heterocycles. The van der Waals surface area contributed by atoms with Crippen molar-refractivity contribution in [3.63, 3.8) is 0 Å². The Kier molecular flexibility index (Phi) is 3.96. The standard InChI is InChI=1S/C16H26N2/c1-5-16(6-2)12-18(8-7-17-16)15-10-13(3)9-14(4)11-15/h9-11,17H,5-8,12H2,1-4H3. The Morgan fingerprint density at radius 1 is 1.11 bits per heavy atom. The third kappa shape index (κ3) is 2.69. The minimum absolute atomic E-state index is 0.301. The van der Waals surface area contributed by atoms with Crippen LogP contribution in [0.15, 0.2) is 18.2 Å². The van der Waals surface area contributed by atoms with Gasteiger partial charge in [-0.15, -0.1) is 0 Å². The van der Waals surface area contributed by atoms with Crippen molar-refractivity contribution in [1.82, 2.24) is 5.32 Å². The molecule has 2 nitrogen and oxygen atoms in total. The van der Waals surface area contributed by atoms with Gasteiger partial charge in [-0.25, -0.2) is 0 Å². The first-order valence-electron chi connectivity index (χ1n) is 7.17. The lowest BCUT2D eigenvalue weighted by Gasteiger charge is -2.44. The predicted octanol–water partition coefficient (Wildman–Crippen LogP) is 3.27. The second-order valence-electron chi connectivity index (χ2n) is 5.68. The minimum Gasteiger partial charge on any atom is -0.368 e. The molecule has 0 radical (unpaired) electrons. The van der Waals surface area contributed by atoms with Crippen LogP contribution in [0.4, 0.5) is 5.69 Å². The summed E-state index contributed by atoms with van der Waals surface area (Å²) in [5.41, 5.74) is 4.42. The molecule has 0 saturated carbocycles. The van der Waals surface area contributed by atoms with Gasteiger partial charge in [0.25, 0.3) is 0 Å². The summed E-state index contributed by atoms with van der Waals surface area (Å²) in [7, 11) is 0. The summed E-state index contributed by atoms with van der Waals surface area (Å²) in [5, 5.41) is 3.72. The van der Waals surface area contributed by atoms with Gasteiger partial charge >= 0.3 is 0 Å². The van der Waals surface area contributed by atoms with Gasteiger partial charge in [0.2, 0.25) is 0 Å². The number of benzene rings is 1. The number of nitrogens with one attached hydrogen (secondary N) is 1. The zero-order valence-electron chi connectivity index (χ0n) is 12.2. The fraction of sp³-hybridized carbons (Fsp3) is 0.625. The van der Waals surface area contributed by atoms with Gasteiger partial charge in [-0.2, -0.15) is 0 Å². The van der Waals surface area contributed by atoms with Gasteiger partial charge in [0.15, 0.2) is 0 Å². The summed E-state index contributed by atoms with van der Waals surface area (Å²) in [5.74, 6) is 0. The van der Waals surface area contributed by atoms with Crippen LogP contribution in [0.3, 0.4) is 0 Å². The van der Waals surface area contributed by atoms with Crippen LogP contribution in [-0.2, 0) is 0 Å². The molecule has 0 bridgehead atoms. The molecule has 1 saturated heterocycles. The first-order chi connectivity index (χ1) is 8.58. The van der Waals surface area contributed by atoms with Gasteiger partial charge in [0.05, 0.1) is 0 Å². The summed E-state index contributed by atoms with van der Waals surface area (Å²) in [6.07, 6.45) is 2.40. The Bertz CT molecular complexity index is 387. The maximum Gasteiger partial charge on any atom is 0.0372 e. The third-order valence-corrected chi connectivity index (χ3v) is 4.30. The molecular weight excluding hydrogens is 220 g/mol.